The Bertz CT molecular complexity index is 1360. The van der Waals surface area contributed by atoms with Gasteiger partial charge in [-0.15, -0.1) is 0 Å². The smallest absolute Gasteiger partial charge is 0.411 e. The number of aromatic nitrogens is 4. The number of hydrogen-bond donors (Lipinski definition) is 1. The lowest BCUT2D eigenvalue weighted by atomic mass is 9.92. The van der Waals surface area contributed by atoms with Gasteiger partial charge in [0.2, 0.25) is 0 Å². The number of fused-ring (bicyclic) bond motifs is 1. The minimum Gasteiger partial charge on any atom is -0.447 e. The number of ether oxygens (including phenoxy) is 1. The zero-order valence-corrected chi connectivity index (χ0v) is 19.2. The molecular formula is C26H26N6O2. The van der Waals surface area contributed by atoms with E-state index in [1.807, 2.05) is 50.2 Å². The minimum atomic E-state index is -0.482. The van der Waals surface area contributed by atoms with E-state index in [0.717, 1.165) is 40.6 Å². The summed E-state index contributed by atoms with van der Waals surface area (Å²) in [7, 11) is 0. The maximum atomic E-state index is 11.9. The van der Waals surface area contributed by atoms with Gasteiger partial charge in [-0.05, 0) is 62.4 Å². The molecule has 1 fully saturated rings. The van der Waals surface area contributed by atoms with Gasteiger partial charge in [0.05, 0.1) is 29.4 Å². The van der Waals surface area contributed by atoms with Gasteiger partial charge in [-0.1, -0.05) is 24.3 Å². The van der Waals surface area contributed by atoms with Crippen LogP contribution in [-0.2, 0) is 11.3 Å². The molecule has 1 aliphatic carbocycles. The molecule has 0 unspecified atom stereocenters. The van der Waals surface area contributed by atoms with Gasteiger partial charge in [0.25, 0.3) is 0 Å². The van der Waals surface area contributed by atoms with Crippen LogP contribution in [0, 0.1) is 11.3 Å². The number of nitrogens with one attached hydrogen (secondary N) is 1. The summed E-state index contributed by atoms with van der Waals surface area (Å²) in [6.07, 6.45) is 5.93. The largest absolute Gasteiger partial charge is 0.447 e. The fourth-order valence-electron chi connectivity index (χ4n) is 4.45. The van der Waals surface area contributed by atoms with Crippen molar-refractivity contribution in [3.63, 3.8) is 0 Å². The molecule has 2 aromatic heterocycles. The fourth-order valence-corrected chi connectivity index (χ4v) is 4.45. The molecule has 1 aliphatic rings. The Kier molecular flexibility index (Phi) is 5.76. The maximum absolute atomic E-state index is 11.9. The predicted molar refractivity (Wildman–Crippen MR) is 129 cm³/mol. The van der Waals surface area contributed by atoms with E-state index in [-0.39, 0.29) is 6.10 Å². The van der Waals surface area contributed by atoms with E-state index in [0.29, 0.717) is 23.8 Å². The van der Waals surface area contributed by atoms with E-state index >= 15 is 0 Å². The van der Waals surface area contributed by atoms with Crippen molar-refractivity contribution in [1.29, 1.82) is 5.26 Å². The van der Waals surface area contributed by atoms with Crippen molar-refractivity contribution < 1.29 is 9.53 Å². The third kappa shape index (κ3) is 4.13. The predicted octanol–water partition coefficient (Wildman–Crippen LogP) is 5.50. The van der Waals surface area contributed by atoms with Crippen molar-refractivity contribution in [1.82, 2.24) is 19.3 Å². The first kappa shape index (κ1) is 21.7. The summed E-state index contributed by atoms with van der Waals surface area (Å²) >= 11 is 0. The lowest BCUT2D eigenvalue weighted by Crippen LogP contribution is -2.18. The molecule has 0 spiro atoms. The molecule has 0 radical (unpaired) electrons. The average molecular weight is 455 g/mol. The minimum absolute atomic E-state index is 0.190. The number of rotatable bonds is 6. The molecule has 1 amide bonds. The van der Waals surface area contributed by atoms with E-state index in [4.69, 9.17) is 4.74 Å². The number of nitriles is 1. The number of anilines is 1. The van der Waals surface area contributed by atoms with Crippen molar-refractivity contribution >= 4 is 22.7 Å². The van der Waals surface area contributed by atoms with Crippen LogP contribution in [0.25, 0.3) is 22.2 Å². The summed E-state index contributed by atoms with van der Waals surface area (Å²) in [4.78, 5) is 16.0. The zero-order valence-electron chi connectivity index (χ0n) is 19.2. The summed E-state index contributed by atoms with van der Waals surface area (Å²) in [5.41, 5.74) is 5.37. The first-order valence-corrected chi connectivity index (χ1v) is 11.5. The lowest BCUT2D eigenvalue weighted by Gasteiger charge is -2.30. The van der Waals surface area contributed by atoms with Crippen LogP contribution in [0.4, 0.5) is 10.5 Å². The third-order valence-corrected chi connectivity index (χ3v) is 6.18. The third-order valence-electron chi connectivity index (χ3n) is 6.18. The second-order valence-corrected chi connectivity index (χ2v) is 8.89. The molecule has 1 saturated carbocycles. The summed E-state index contributed by atoms with van der Waals surface area (Å²) in [6, 6.07) is 16.7. The molecule has 5 rings (SSSR count). The van der Waals surface area contributed by atoms with Crippen molar-refractivity contribution in [2.45, 2.75) is 51.8 Å². The van der Waals surface area contributed by atoms with Crippen LogP contribution in [0.1, 0.15) is 50.3 Å². The van der Waals surface area contributed by atoms with Gasteiger partial charge < -0.3 is 9.30 Å². The van der Waals surface area contributed by atoms with Crippen LogP contribution in [-0.4, -0.2) is 31.5 Å². The molecule has 172 valence electrons. The first-order chi connectivity index (χ1) is 16.5. The summed E-state index contributed by atoms with van der Waals surface area (Å²) in [5.74, 6) is 0. The van der Waals surface area contributed by atoms with Crippen molar-refractivity contribution in [3.8, 4) is 17.3 Å². The second-order valence-electron chi connectivity index (χ2n) is 8.89. The topological polar surface area (TPSA) is 97.8 Å². The quantitative estimate of drug-likeness (QED) is 0.415. The van der Waals surface area contributed by atoms with Crippen LogP contribution in [0.2, 0.25) is 0 Å². The van der Waals surface area contributed by atoms with Crippen LogP contribution in [0.15, 0.2) is 55.1 Å². The number of nitrogens with zero attached hydrogens (tertiary/aromatic N) is 5. The van der Waals surface area contributed by atoms with E-state index < -0.39 is 6.09 Å². The highest BCUT2D eigenvalue weighted by Crippen LogP contribution is 2.42. The molecule has 34 heavy (non-hydrogen) atoms. The van der Waals surface area contributed by atoms with E-state index in [1.165, 1.54) is 12.7 Å². The van der Waals surface area contributed by atoms with Gasteiger partial charge >= 0.3 is 6.09 Å². The second kappa shape index (κ2) is 9.02. The first-order valence-electron chi connectivity index (χ1n) is 11.5. The van der Waals surface area contributed by atoms with E-state index in [9.17, 15) is 10.1 Å². The standard InChI is InChI=1S/C26H26N6O2/c1-17(2)34-26(33)30-20-9-7-19(8-10-20)25-23(13-27)22-11-6-18(14-31-16-28-15-29-31)12-24(22)32(25)21-4-3-5-21/h6-12,15-17,21H,3-5,14H2,1-2H3,(H,30,33). The summed E-state index contributed by atoms with van der Waals surface area (Å²) in [5, 5.41) is 18.1. The molecule has 2 aromatic carbocycles. The van der Waals surface area contributed by atoms with Crippen LogP contribution in [0.3, 0.4) is 0 Å². The van der Waals surface area contributed by atoms with Gasteiger partial charge in [0, 0.05) is 17.1 Å². The number of amides is 1. The number of carbonyl (C=O) groups excluding carboxylic acids is 1. The molecule has 0 bridgehead atoms. The molecule has 8 nitrogen and oxygen atoms in total. The Labute approximate surface area is 197 Å². The number of carbonyl (C=O) groups is 1. The molecule has 0 atom stereocenters. The normalized spacial score (nSPS) is 13.6. The van der Waals surface area contributed by atoms with Gasteiger partial charge in [-0.25, -0.2) is 14.5 Å². The highest BCUT2D eigenvalue weighted by Gasteiger charge is 2.28. The molecular weight excluding hydrogens is 428 g/mol. The fraction of sp³-hybridized carbons (Fsp3) is 0.308. The van der Waals surface area contributed by atoms with E-state index in [1.54, 1.807) is 11.0 Å². The molecule has 4 aromatic rings. The van der Waals surface area contributed by atoms with E-state index in [2.05, 4.69) is 32.1 Å². The molecule has 1 N–H and O–H groups in total. The van der Waals surface area contributed by atoms with Gasteiger partial charge in [0.15, 0.2) is 0 Å². The molecule has 2 heterocycles. The Balaban J connectivity index is 1.56. The van der Waals surface area contributed by atoms with Gasteiger partial charge in [-0.2, -0.15) is 10.4 Å². The summed E-state index contributed by atoms with van der Waals surface area (Å²) < 4.78 is 9.28. The van der Waals surface area contributed by atoms with Crippen LogP contribution >= 0.6 is 0 Å². The molecule has 0 aliphatic heterocycles. The highest BCUT2D eigenvalue weighted by molar-refractivity contribution is 5.95. The van der Waals surface area contributed by atoms with Crippen molar-refractivity contribution in [2.24, 2.45) is 0 Å². The SMILES string of the molecule is CC(C)OC(=O)Nc1ccc(-c2c(C#N)c3ccc(Cn4cncn4)cc3n2C2CCC2)cc1. The Morgan fingerprint density at radius 1 is 1.24 bits per heavy atom. The van der Waals surface area contributed by atoms with Crippen molar-refractivity contribution in [3.05, 3.63) is 66.2 Å². The Morgan fingerprint density at radius 3 is 2.65 bits per heavy atom. The molecule has 0 saturated heterocycles. The van der Waals surface area contributed by atoms with Gasteiger partial charge in [0.1, 0.15) is 18.7 Å². The maximum Gasteiger partial charge on any atom is 0.411 e. The number of hydrogen-bond acceptors (Lipinski definition) is 5. The zero-order chi connectivity index (χ0) is 23.7. The number of benzene rings is 2. The van der Waals surface area contributed by atoms with Crippen LogP contribution < -0.4 is 5.32 Å². The Morgan fingerprint density at radius 2 is 2.03 bits per heavy atom. The molecule has 8 heteroatoms. The lowest BCUT2D eigenvalue weighted by molar-refractivity contribution is 0.130. The van der Waals surface area contributed by atoms with Gasteiger partial charge in [-0.3, -0.25) is 5.32 Å². The van der Waals surface area contributed by atoms with Crippen molar-refractivity contribution in [2.75, 3.05) is 5.32 Å². The highest BCUT2D eigenvalue weighted by atomic mass is 16.6. The Hall–Kier alpha value is -4.12. The average Bonchev–Trinajstić information content (AvgIpc) is 3.39. The summed E-state index contributed by atoms with van der Waals surface area (Å²) in [6.45, 7) is 4.24. The monoisotopic (exact) mass is 454 g/mol. The van der Waals surface area contributed by atoms with Crippen LogP contribution in [0.5, 0.6) is 0 Å².